The van der Waals surface area contributed by atoms with E-state index >= 15 is 0 Å². The standard InChI is InChI=1S/C22H25N3O4/c1-29-18-7-3-6-17(13-18)25-11-10-24(22(25)28)16-5-2-4-15(12-16)20-14-23-9-8-19(20)21(26)27/h2-7,12-13,19-20,23H,8-11,14H2,1H3,(H,26,27). The molecule has 2 aromatic rings. The molecule has 0 saturated carbocycles. The molecule has 2 aliphatic heterocycles. The molecular weight excluding hydrogens is 370 g/mol. The Labute approximate surface area is 169 Å². The Kier molecular flexibility index (Phi) is 5.40. The molecule has 2 fully saturated rings. The van der Waals surface area contributed by atoms with Crippen molar-refractivity contribution in [1.82, 2.24) is 5.32 Å². The van der Waals surface area contributed by atoms with E-state index in [-0.39, 0.29) is 11.9 Å². The van der Waals surface area contributed by atoms with Gasteiger partial charge in [-0.2, -0.15) is 0 Å². The Balaban J connectivity index is 1.57. The van der Waals surface area contributed by atoms with Crippen molar-refractivity contribution in [2.45, 2.75) is 12.3 Å². The second-order valence-corrected chi connectivity index (χ2v) is 7.43. The van der Waals surface area contributed by atoms with Crippen molar-refractivity contribution in [2.24, 2.45) is 5.92 Å². The lowest BCUT2D eigenvalue weighted by Crippen LogP contribution is -2.38. The predicted octanol–water partition coefficient (Wildman–Crippen LogP) is 2.92. The van der Waals surface area contributed by atoms with E-state index in [1.54, 1.807) is 16.9 Å². The summed E-state index contributed by atoms with van der Waals surface area (Å²) in [6.45, 7) is 2.50. The summed E-state index contributed by atoms with van der Waals surface area (Å²) in [5, 5.41) is 12.9. The number of piperidine rings is 1. The summed E-state index contributed by atoms with van der Waals surface area (Å²) in [5.41, 5.74) is 2.55. The number of amides is 2. The van der Waals surface area contributed by atoms with E-state index in [9.17, 15) is 14.7 Å². The number of rotatable bonds is 5. The molecule has 0 bridgehead atoms. The van der Waals surface area contributed by atoms with Crippen LogP contribution in [0.15, 0.2) is 48.5 Å². The highest BCUT2D eigenvalue weighted by Gasteiger charge is 2.34. The average Bonchev–Trinajstić information content (AvgIpc) is 3.15. The normalized spacial score (nSPS) is 22.0. The summed E-state index contributed by atoms with van der Waals surface area (Å²) in [5.74, 6) is -0.564. The summed E-state index contributed by atoms with van der Waals surface area (Å²) in [6.07, 6.45) is 0.608. The van der Waals surface area contributed by atoms with Gasteiger partial charge >= 0.3 is 12.0 Å². The zero-order chi connectivity index (χ0) is 20.4. The second-order valence-electron chi connectivity index (χ2n) is 7.43. The van der Waals surface area contributed by atoms with Gasteiger partial charge in [0.1, 0.15) is 5.75 Å². The fourth-order valence-corrected chi connectivity index (χ4v) is 4.22. The van der Waals surface area contributed by atoms with E-state index in [0.717, 1.165) is 16.9 Å². The van der Waals surface area contributed by atoms with E-state index in [2.05, 4.69) is 5.32 Å². The van der Waals surface area contributed by atoms with Crippen LogP contribution in [-0.4, -0.2) is 50.4 Å². The van der Waals surface area contributed by atoms with Crippen LogP contribution in [0.1, 0.15) is 17.9 Å². The van der Waals surface area contributed by atoms with Gasteiger partial charge in [-0.1, -0.05) is 18.2 Å². The number of nitrogens with one attached hydrogen (secondary N) is 1. The van der Waals surface area contributed by atoms with Crippen molar-refractivity contribution in [2.75, 3.05) is 43.1 Å². The first-order valence-corrected chi connectivity index (χ1v) is 9.85. The third-order valence-corrected chi connectivity index (χ3v) is 5.78. The SMILES string of the molecule is COc1cccc(N2CCN(c3cccc(C4CNCCC4C(=O)O)c3)C2=O)c1. The highest BCUT2D eigenvalue weighted by molar-refractivity contribution is 6.06. The lowest BCUT2D eigenvalue weighted by atomic mass is 9.81. The van der Waals surface area contributed by atoms with Crippen molar-refractivity contribution < 1.29 is 19.4 Å². The van der Waals surface area contributed by atoms with Crippen LogP contribution in [0.25, 0.3) is 0 Å². The smallest absolute Gasteiger partial charge is 0.329 e. The van der Waals surface area contributed by atoms with Crippen LogP contribution in [-0.2, 0) is 4.79 Å². The molecule has 2 saturated heterocycles. The van der Waals surface area contributed by atoms with Crippen molar-refractivity contribution in [3.8, 4) is 5.75 Å². The number of urea groups is 1. The summed E-state index contributed by atoms with van der Waals surface area (Å²) >= 11 is 0. The molecular formula is C22H25N3O4. The largest absolute Gasteiger partial charge is 0.497 e. The van der Waals surface area contributed by atoms with Gasteiger partial charge in [-0.25, -0.2) is 4.79 Å². The van der Waals surface area contributed by atoms with Crippen LogP contribution in [0.3, 0.4) is 0 Å². The monoisotopic (exact) mass is 395 g/mol. The number of benzene rings is 2. The molecule has 2 amide bonds. The van der Waals surface area contributed by atoms with Gasteiger partial charge in [0.2, 0.25) is 0 Å². The molecule has 7 heteroatoms. The molecule has 2 unspecified atom stereocenters. The Bertz CT molecular complexity index is 916. The number of anilines is 2. The molecule has 29 heavy (non-hydrogen) atoms. The Hall–Kier alpha value is -3.06. The third-order valence-electron chi connectivity index (χ3n) is 5.78. The van der Waals surface area contributed by atoms with Crippen molar-refractivity contribution in [1.29, 1.82) is 0 Å². The maximum Gasteiger partial charge on any atom is 0.329 e. The minimum Gasteiger partial charge on any atom is -0.497 e. The van der Waals surface area contributed by atoms with Crippen LogP contribution in [0.4, 0.5) is 16.2 Å². The van der Waals surface area contributed by atoms with Gasteiger partial charge in [0.05, 0.1) is 13.0 Å². The van der Waals surface area contributed by atoms with Gasteiger partial charge in [-0.05, 0) is 42.8 Å². The molecule has 0 aliphatic carbocycles. The minimum atomic E-state index is -0.761. The van der Waals surface area contributed by atoms with Crippen LogP contribution in [0, 0.1) is 5.92 Å². The average molecular weight is 395 g/mol. The fourth-order valence-electron chi connectivity index (χ4n) is 4.22. The summed E-state index contributed by atoms with van der Waals surface area (Å²) in [6, 6.07) is 15.1. The first kappa shape index (κ1) is 19.3. The maximum atomic E-state index is 13.1. The Morgan fingerprint density at radius 2 is 1.79 bits per heavy atom. The molecule has 2 aromatic carbocycles. The fraction of sp³-hybridized carbons (Fsp3) is 0.364. The minimum absolute atomic E-state index is 0.0908. The van der Waals surface area contributed by atoms with E-state index in [1.807, 2.05) is 48.5 Å². The topological polar surface area (TPSA) is 82.1 Å². The number of carboxylic acids is 1. The van der Waals surface area contributed by atoms with Crippen molar-refractivity contribution >= 4 is 23.4 Å². The van der Waals surface area contributed by atoms with Gasteiger partial charge in [-0.3, -0.25) is 14.6 Å². The van der Waals surface area contributed by atoms with Crippen molar-refractivity contribution in [3.63, 3.8) is 0 Å². The number of methoxy groups -OCH3 is 1. The number of nitrogens with zero attached hydrogens (tertiary/aromatic N) is 2. The molecule has 2 heterocycles. The van der Waals surface area contributed by atoms with Crippen LogP contribution < -0.4 is 19.9 Å². The zero-order valence-corrected chi connectivity index (χ0v) is 16.4. The number of ether oxygens (including phenoxy) is 1. The Morgan fingerprint density at radius 1 is 1.10 bits per heavy atom. The van der Waals surface area contributed by atoms with Gasteiger partial charge in [-0.15, -0.1) is 0 Å². The van der Waals surface area contributed by atoms with Gasteiger partial charge in [0.15, 0.2) is 0 Å². The van der Waals surface area contributed by atoms with E-state index in [4.69, 9.17) is 4.74 Å². The number of hydrogen-bond acceptors (Lipinski definition) is 4. The summed E-state index contributed by atoms with van der Waals surface area (Å²) in [7, 11) is 1.60. The van der Waals surface area contributed by atoms with Crippen LogP contribution >= 0.6 is 0 Å². The maximum absolute atomic E-state index is 13.1. The van der Waals surface area contributed by atoms with E-state index in [1.165, 1.54) is 0 Å². The summed E-state index contributed by atoms with van der Waals surface area (Å²) in [4.78, 5) is 28.2. The second kappa shape index (κ2) is 8.13. The highest BCUT2D eigenvalue weighted by Crippen LogP contribution is 2.33. The molecule has 0 spiro atoms. The van der Waals surface area contributed by atoms with Crippen LogP contribution in [0.2, 0.25) is 0 Å². The number of carboxylic acid groups (broad SMARTS) is 1. The van der Waals surface area contributed by atoms with Gasteiger partial charge in [0.25, 0.3) is 0 Å². The van der Waals surface area contributed by atoms with Crippen LogP contribution in [0.5, 0.6) is 5.75 Å². The molecule has 2 aliphatic rings. The van der Waals surface area contributed by atoms with Gasteiger partial charge in [0, 0.05) is 43.0 Å². The predicted molar refractivity (Wildman–Crippen MR) is 111 cm³/mol. The Morgan fingerprint density at radius 3 is 2.48 bits per heavy atom. The molecule has 7 nitrogen and oxygen atoms in total. The highest BCUT2D eigenvalue weighted by atomic mass is 16.5. The zero-order valence-electron chi connectivity index (χ0n) is 16.4. The number of carbonyl (C=O) groups is 2. The first-order valence-electron chi connectivity index (χ1n) is 9.85. The first-order chi connectivity index (χ1) is 14.1. The van der Waals surface area contributed by atoms with Crippen molar-refractivity contribution in [3.05, 3.63) is 54.1 Å². The number of aliphatic carboxylic acids is 1. The lowest BCUT2D eigenvalue weighted by Gasteiger charge is -2.30. The molecule has 4 rings (SSSR count). The molecule has 152 valence electrons. The number of hydrogen-bond donors (Lipinski definition) is 2. The van der Waals surface area contributed by atoms with E-state index < -0.39 is 11.9 Å². The quantitative estimate of drug-likeness (QED) is 0.814. The number of carbonyl (C=O) groups excluding carboxylic acids is 1. The van der Waals surface area contributed by atoms with Gasteiger partial charge < -0.3 is 15.2 Å². The summed E-state index contributed by atoms with van der Waals surface area (Å²) < 4.78 is 5.27. The molecule has 2 atom stereocenters. The lowest BCUT2D eigenvalue weighted by molar-refractivity contribution is -0.143. The molecule has 2 N–H and O–H groups in total. The van der Waals surface area contributed by atoms with E-state index in [0.29, 0.717) is 38.3 Å². The third kappa shape index (κ3) is 3.78. The molecule has 0 aromatic heterocycles. The molecule has 0 radical (unpaired) electrons.